The Kier molecular flexibility index (Phi) is 6.79. The van der Waals surface area contributed by atoms with Crippen LogP contribution in [0.25, 0.3) is 0 Å². The molecular weight excluding hydrogens is 300 g/mol. The molecule has 2 fully saturated rings. The van der Waals surface area contributed by atoms with Crippen molar-refractivity contribution in [3.63, 3.8) is 0 Å². The number of nitrogens with one attached hydrogen (secondary N) is 1. The summed E-state index contributed by atoms with van der Waals surface area (Å²) in [5.74, 6) is 0. The van der Waals surface area contributed by atoms with Crippen molar-refractivity contribution in [3.8, 4) is 0 Å². The predicted octanol–water partition coefficient (Wildman–Crippen LogP) is 3.73. The van der Waals surface area contributed by atoms with Crippen molar-refractivity contribution in [2.24, 2.45) is 5.41 Å². The second-order valence-corrected chi connectivity index (χ2v) is 7.00. The Morgan fingerprint density at radius 2 is 1.96 bits per heavy atom. The summed E-state index contributed by atoms with van der Waals surface area (Å²) in [7, 11) is 0. The van der Waals surface area contributed by atoms with Gasteiger partial charge in [-0.2, -0.15) is 0 Å². The first-order valence-corrected chi connectivity index (χ1v) is 9.59. The van der Waals surface area contributed by atoms with Crippen molar-refractivity contribution in [1.82, 2.24) is 9.88 Å². The number of hydrogen-bond donors (Lipinski definition) is 1. The molecule has 0 atom stereocenters. The number of aldehydes is 1. The van der Waals surface area contributed by atoms with E-state index in [1.165, 1.54) is 12.8 Å². The monoisotopic (exact) mass is 332 g/mol. The lowest BCUT2D eigenvalue weighted by molar-refractivity contribution is 0.0270. The molecule has 2 heterocycles. The molecule has 1 aliphatic carbocycles. The summed E-state index contributed by atoms with van der Waals surface area (Å²) in [6, 6.07) is 2.15. The van der Waals surface area contributed by atoms with Gasteiger partial charge in [0.05, 0.1) is 0 Å². The largest absolute Gasteiger partial charge is 0.317 e. The minimum Gasteiger partial charge on any atom is -0.317 e. The SMILES string of the molecule is CC.CCCCc1c(C=O)ccn(C2CC3(CCNCC3)C2)c1=O. The van der Waals surface area contributed by atoms with Crippen LogP contribution in [-0.2, 0) is 6.42 Å². The first-order chi connectivity index (χ1) is 11.7. The van der Waals surface area contributed by atoms with Crippen LogP contribution < -0.4 is 10.9 Å². The van der Waals surface area contributed by atoms with E-state index in [1.54, 1.807) is 0 Å². The van der Waals surface area contributed by atoms with E-state index in [-0.39, 0.29) is 5.56 Å². The minimum absolute atomic E-state index is 0.0619. The number of nitrogens with zero attached hydrogens (tertiary/aromatic N) is 1. The van der Waals surface area contributed by atoms with Crippen molar-refractivity contribution in [1.29, 1.82) is 0 Å². The molecule has 0 unspecified atom stereocenters. The standard InChI is InChI=1S/C18H26N2O2.C2H6/c1-2-3-4-16-14(13-21)5-10-20(17(16)22)15-11-18(12-15)6-8-19-9-7-18;1-2/h5,10,13,15,19H,2-4,6-9,11-12H2,1H3;1-2H3. The van der Waals surface area contributed by atoms with Crippen LogP contribution in [-0.4, -0.2) is 23.9 Å². The second-order valence-electron chi connectivity index (χ2n) is 7.00. The first-order valence-electron chi connectivity index (χ1n) is 9.59. The normalized spacial score (nSPS) is 19.3. The zero-order valence-electron chi connectivity index (χ0n) is 15.4. The quantitative estimate of drug-likeness (QED) is 0.836. The highest BCUT2D eigenvalue weighted by atomic mass is 16.1. The third-order valence-electron chi connectivity index (χ3n) is 5.56. The Hall–Kier alpha value is -1.42. The highest BCUT2D eigenvalue weighted by molar-refractivity contribution is 5.76. The lowest BCUT2D eigenvalue weighted by Crippen LogP contribution is -2.48. The molecule has 3 rings (SSSR count). The maximum absolute atomic E-state index is 12.8. The third-order valence-corrected chi connectivity index (χ3v) is 5.56. The van der Waals surface area contributed by atoms with Crippen molar-refractivity contribution in [2.75, 3.05) is 13.1 Å². The van der Waals surface area contributed by atoms with Crippen LogP contribution in [0.4, 0.5) is 0 Å². The van der Waals surface area contributed by atoms with Crippen LogP contribution in [0, 0.1) is 5.41 Å². The molecular formula is C20H32N2O2. The van der Waals surface area contributed by atoms with Gasteiger partial charge in [0.2, 0.25) is 0 Å². The molecule has 1 aromatic heterocycles. The van der Waals surface area contributed by atoms with Crippen LogP contribution in [0.15, 0.2) is 17.1 Å². The van der Waals surface area contributed by atoms with Crippen molar-refractivity contribution >= 4 is 6.29 Å². The van der Waals surface area contributed by atoms with Gasteiger partial charge in [0, 0.05) is 23.4 Å². The van der Waals surface area contributed by atoms with Gasteiger partial charge in [-0.25, -0.2) is 0 Å². The van der Waals surface area contributed by atoms with E-state index in [1.807, 2.05) is 30.7 Å². The Morgan fingerprint density at radius 1 is 1.29 bits per heavy atom. The maximum Gasteiger partial charge on any atom is 0.254 e. The molecule has 0 bridgehead atoms. The van der Waals surface area contributed by atoms with Crippen molar-refractivity contribution in [3.05, 3.63) is 33.7 Å². The van der Waals surface area contributed by atoms with Crippen LogP contribution in [0.1, 0.15) is 81.3 Å². The molecule has 1 saturated carbocycles. The van der Waals surface area contributed by atoms with Gasteiger partial charge in [0.15, 0.2) is 6.29 Å². The van der Waals surface area contributed by atoms with Gasteiger partial charge < -0.3 is 9.88 Å². The summed E-state index contributed by atoms with van der Waals surface area (Å²) in [6.07, 6.45) is 10.1. The Balaban J connectivity index is 0.00000100. The molecule has 0 aromatic carbocycles. The van der Waals surface area contributed by atoms with Crippen LogP contribution in [0.3, 0.4) is 0 Å². The third kappa shape index (κ3) is 3.80. The van der Waals surface area contributed by atoms with Gasteiger partial charge in [-0.3, -0.25) is 9.59 Å². The molecule has 1 N–H and O–H groups in total. The molecule has 4 heteroatoms. The average molecular weight is 332 g/mol. The van der Waals surface area contributed by atoms with E-state index in [4.69, 9.17) is 0 Å². The van der Waals surface area contributed by atoms with Gasteiger partial charge in [-0.05, 0) is 63.1 Å². The molecule has 1 aliphatic heterocycles. The number of hydrogen-bond acceptors (Lipinski definition) is 3. The fraction of sp³-hybridized carbons (Fsp3) is 0.700. The van der Waals surface area contributed by atoms with Gasteiger partial charge in [0.1, 0.15) is 0 Å². The predicted molar refractivity (Wildman–Crippen MR) is 98.9 cm³/mol. The minimum atomic E-state index is 0.0619. The smallest absolute Gasteiger partial charge is 0.254 e. The van der Waals surface area contributed by atoms with E-state index in [0.717, 1.165) is 45.1 Å². The van der Waals surface area contributed by atoms with E-state index in [0.29, 0.717) is 29.0 Å². The molecule has 1 saturated heterocycles. The summed E-state index contributed by atoms with van der Waals surface area (Å²) in [5.41, 5.74) is 1.81. The summed E-state index contributed by atoms with van der Waals surface area (Å²) in [5, 5.41) is 3.41. The average Bonchev–Trinajstić information content (AvgIpc) is 2.61. The zero-order chi connectivity index (χ0) is 17.6. The fourth-order valence-corrected chi connectivity index (χ4v) is 4.11. The number of unbranched alkanes of at least 4 members (excludes halogenated alkanes) is 1. The van der Waals surface area contributed by atoms with Gasteiger partial charge in [0.25, 0.3) is 5.56 Å². The molecule has 4 nitrogen and oxygen atoms in total. The lowest BCUT2D eigenvalue weighted by atomic mass is 9.60. The zero-order valence-corrected chi connectivity index (χ0v) is 15.4. The summed E-state index contributed by atoms with van der Waals surface area (Å²) in [4.78, 5) is 23.9. The second kappa shape index (κ2) is 8.61. The highest BCUT2D eigenvalue weighted by Gasteiger charge is 2.45. The molecule has 0 radical (unpaired) electrons. The van der Waals surface area contributed by atoms with E-state index >= 15 is 0 Å². The van der Waals surface area contributed by atoms with Crippen LogP contribution >= 0.6 is 0 Å². The van der Waals surface area contributed by atoms with Gasteiger partial charge in [-0.15, -0.1) is 0 Å². The maximum atomic E-state index is 12.8. The molecule has 24 heavy (non-hydrogen) atoms. The number of carbonyl (C=O) groups is 1. The number of pyridine rings is 1. The molecule has 134 valence electrons. The Labute approximate surface area is 145 Å². The van der Waals surface area contributed by atoms with Gasteiger partial charge in [-0.1, -0.05) is 27.2 Å². The van der Waals surface area contributed by atoms with Crippen molar-refractivity contribution in [2.45, 2.75) is 71.8 Å². The molecule has 0 amide bonds. The number of aromatic nitrogens is 1. The Bertz CT molecular complexity index is 592. The summed E-state index contributed by atoms with van der Waals surface area (Å²) < 4.78 is 1.89. The van der Waals surface area contributed by atoms with Crippen LogP contribution in [0.2, 0.25) is 0 Å². The summed E-state index contributed by atoms with van der Waals surface area (Å²) in [6.45, 7) is 8.32. The Morgan fingerprint density at radius 3 is 2.54 bits per heavy atom. The summed E-state index contributed by atoms with van der Waals surface area (Å²) >= 11 is 0. The lowest BCUT2D eigenvalue weighted by Gasteiger charge is -2.51. The van der Waals surface area contributed by atoms with E-state index in [2.05, 4.69) is 12.2 Å². The highest BCUT2D eigenvalue weighted by Crippen LogP contribution is 2.53. The number of piperidine rings is 1. The van der Waals surface area contributed by atoms with E-state index in [9.17, 15) is 9.59 Å². The van der Waals surface area contributed by atoms with Gasteiger partial charge >= 0.3 is 0 Å². The molecule has 1 spiro atoms. The fourth-order valence-electron chi connectivity index (χ4n) is 4.11. The molecule has 2 aliphatic rings. The number of rotatable bonds is 5. The van der Waals surface area contributed by atoms with Crippen molar-refractivity contribution < 1.29 is 4.79 Å². The number of carbonyl (C=O) groups excluding carboxylic acids is 1. The van der Waals surface area contributed by atoms with Crippen LogP contribution in [0.5, 0.6) is 0 Å². The topological polar surface area (TPSA) is 51.1 Å². The molecule has 1 aromatic rings. The first kappa shape index (κ1) is 18.9. The van der Waals surface area contributed by atoms with E-state index < -0.39 is 0 Å².